The number of methoxy groups -OCH3 is 1. The van der Waals surface area contributed by atoms with Crippen molar-refractivity contribution in [3.63, 3.8) is 0 Å². The summed E-state index contributed by atoms with van der Waals surface area (Å²) < 4.78 is 5.16. The molecule has 0 aliphatic carbocycles. The molecule has 1 heterocycles. The molecule has 2 aromatic carbocycles. The van der Waals surface area contributed by atoms with Gasteiger partial charge in [0.25, 0.3) is 0 Å². The predicted molar refractivity (Wildman–Crippen MR) is 114 cm³/mol. The van der Waals surface area contributed by atoms with E-state index in [1.165, 1.54) is 34.9 Å². The van der Waals surface area contributed by atoms with E-state index in [1.54, 1.807) is 0 Å². The highest BCUT2D eigenvalue weighted by Gasteiger charge is 2.40. The van der Waals surface area contributed by atoms with Gasteiger partial charge in [0.15, 0.2) is 0 Å². The quantitative estimate of drug-likeness (QED) is 0.615. The monoisotopic (exact) mass is 379 g/mol. The maximum Gasteiger partial charge on any atom is 0.323 e. The summed E-state index contributed by atoms with van der Waals surface area (Å²) in [6.45, 7) is 7.48. The van der Waals surface area contributed by atoms with Crippen LogP contribution in [0, 0.1) is 0 Å². The molecule has 150 valence electrons. The molecule has 1 aliphatic heterocycles. The molecular weight excluding hydrogens is 346 g/mol. The lowest BCUT2D eigenvalue weighted by atomic mass is 9.88. The van der Waals surface area contributed by atoms with Gasteiger partial charge in [0, 0.05) is 12.6 Å². The summed E-state index contributed by atoms with van der Waals surface area (Å²) in [5.74, 6) is -0.111. The lowest BCUT2D eigenvalue weighted by Gasteiger charge is -2.32. The Morgan fingerprint density at radius 3 is 2.14 bits per heavy atom. The van der Waals surface area contributed by atoms with Crippen molar-refractivity contribution in [2.24, 2.45) is 0 Å². The standard InChI is InChI=1S/C25H33NO2/c1-5-18-15-20(6-2)24(21(7-3)16-18)22-13-14-23(25(27)28-4)26(22)17-19-11-9-8-10-12-19/h8-12,15-16,22-23H,5-7,13-14,17H2,1-4H3/t22?,23-/m0/s1. The van der Waals surface area contributed by atoms with E-state index in [9.17, 15) is 4.79 Å². The zero-order valence-electron chi connectivity index (χ0n) is 17.7. The highest BCUT2D eigenvalue weighted by atomic mass is 16.5. The molecule has 0 N–H and O–H groups in total. The van der Waals surface area contributed by atoms with Crippen molar-refractivity contribution in [2.45, 2.75) is 71.5 Å². The van der Waals surface area contributed by atoms with Crippen LogP contribution >= 0.6 is 0 Å². The molecule has 1 unspecified atom stereocenters. The molecule has 1 fully saturated rings. The van der Waals surface area contributed by atoms with Gasteiger partial charge >= 0.3 is 5.97 Å². The minimum atomic E-state index is -0.171. The molecular formula is C25H33NO2. The summed E-state index contributed by atoms with van der Waals surface area (Å²) >= 11 is 0. The van der Waals surface area contributed by atoms with Gasteiger partial charge in [-0.15, -0.1) is 0 Å². The average molecular weight is 380 g/mol. The molecule has 2 aromatic rings. The Kier molecular flexibility index (Phi) is 6.90. The van der Waals surface area contributed by atoms with E-state index in [-0.39, 0.29) is 18.1 Å². The molecule has 0 aromatic heterocycles. The molecule has 3 nitrogen and oxygen atoms in total. The van der Waals surface area contributed by atoms with E-state index in [0.717, 1.165) is 38.6 Å². The van der Waals surface area contributed by atoms with E-state index in [2.05, 4.69) is 62.1 Å². The van der Waals surface area contributed by atoms with Crippen LogP contribution in [0.4, 0.5) is 0 Å². The van der Waals surface area contributed by atoms with Crippen molar-refractivity contribution in [2.75, 3.05) is 7.11 Å². The van der Waals surface area contributed by atoms with Crippen LogP contribution in [0.5, 0.6) is 0 Å². The lowest BCUT2D eigenvalue weighted by molar-refractivity contribution is -0.146. The summed E-state index contributed by atoms with van der Waals surface area (Å²) in [5.41, 5.74) is 6.97. The number of nitrogens with zero attached hydrogens (tertiary/aromatic N) is 1. The van der Waals surface area contributed by atoms with E-state index in [0.29, 0.717) is 0 Å². The highest BCUT2D eigenvalue weighted by molar-refractivity contribution is 5.76. The second-order valence-corrected chi connectivity index (χ2v) is 7.68. The van der Waals surface area contributed by atoms with Crippen molar-refractivity contribution < 1.29 is 9.53 Å². The Morgan fingerprint density at radius 2 is 1.61 bits per heavy atom. The number of esters is 1. The molecule has 1 saturated heterocycles. The van der Waals surface area contributed by atoms with Crippen molar-refractivity contribution in [3.8, 4) is 0 Å². The van der Waals surface area contributed by atoms with E-state index in [4.69, 9.17) is 4.74 Å². The maximum absolute atomic E-state index is 12.5. The Hall–Kier alpha value is -2.13. The maximum atomic E-state index is 12.5. The van der Waals surface area contributed by atoms with Gasteiger partial charge in [-0.2, -0.15) is 0 Å². The summed E-state index contributed by atoms with van der Waals surface area (Å²) in [7, 11) is 1.50. The molecule has 0 amide bonds. The first-order valence-corrected chi connectivity index (χ1v) is 10.6. The third-order valence-corrected chi connectivity index (χ3v) is 6.11. The van der Waals surface area contributed by atoms with Crippen molar-refractivity contribution in [3.05, 3.63) is 70.3 Å². The molecule has 0 bridgehead atoms. The van der Waals surface area contributed by atoms with Crippen LogP contribution in [0.1, 0.15) is 67.5 Å². The van der Waals surface area contributed by atoms with Gasteiger partial charge in [-0.25, -0.2) is 0 Å². The molecule has 3 rings (SSSR count). The molecule has 1 aliphatic rings. The first-order chi connectivity index (χ1) is 13.6. The SMILES string of the molecule is CCc1cc(CC)c(C2CC[C@@H](C(=O)OC)N2Cc2ccccc2)c(CC)c1. The number of ether oxygens (including phenoxy) is 1. The van der Waals surface area contributed by atoms with Gasteiger partial charge in [0.1, 0.15) is 6.04 Å². The minimum absolute atomic E-state index is 0.111. The van der Waals surface area contributed by atoms with Crippen LogP contribution in [-0.4, -0.2) is 24.0 Å². The van der Waals surface area contributed by atoms with Gasteiger partial charge in [-0.05, 0) is 59.9 Å². The molecule has 0 saturated carbocycles. The minimum Gasteiger partial charge on any atom is -0.468 e. The van der Waals surface area contributed by atoms with Gasteiger partial charge in [0.2, 0.25) is 0 Å². The number of rotatable bonds is 7. The number of carbonyl (C=O) groups excluding carboxylic acids is 1. The van der Waals surface area contributed by atoms with E-state index >= 15 is 0 Å². The zero-order valence-corrected chi connectivity index (χ0v) is 17.7. The Morgan fingerprint density at radius 1 is 0.964 bits per heavy atom. The molecule has 0 radical (unpaired) electrons. The first-order valence-electron chi connectivity index (χ1n) is 10.6. The summed E-state index contributed by atoms with van der Waals surface area (Å²) in [6.07, 6.45) is 4.96. The number of likely N-dealkylation sites (tertiary alicyclic amines) is 1. The number of benzene rings is 2. The fourth-order valence-electron chi connectivity index (χ4n) is 4.65. The molecule has 3 heteroatoms. The fourth-order valence-corrected chi connectivity index (χ4v) is 4.65. The van der Waals surface area contributed by atoms with Crippen LogP contribution in [0.25, 0.3) is 0 Å². The second-order valence-electron chi connectivity index (χ2n) is 7.68. The fraction of sp³-hybridized carbons (Fsp3) is 0.480. The number of carbonyl (C=O) groups is 1. The van der Waals surface area contributed by atoms with E-state index < -0.39 is 0 Å². The lowest BCUT2D eigenvalue weighted by Crippen LogP contribution is -2.38. The normalized spacial score (nSPS) is 19.7. The van der Waals surface area contributed by atoms with Gasteiger partial charge in [0.05, 0.1) is 7.11 Å². The smallest absolute Gasteiger partial charge is 0.323 e. The third kappa shape index (κ3) is 4.15. The largest absolute Gasteiger partial charge is 0.468 e. The number of aryl methyl sites for hydroxylation is 3. The van der Waals surface area contributed by atoms with Gasteiger partial charge in [-0.3, -0.25) is 9.69 Å². The zero-order chi connectivity index (χ0) is 20.1. The number of hydrogen-bond acceptors (Lipinski definition) is 3. The summed E-state index contributed by atoms with van der Waals surface area (Å²) in [6, 6.07) is 15.3. The van der Waals surface area contributed by atoms with Crippen LogP contribution in [0.15, 0.2) is 42.5 Å². The molecule has 28 heavy (non-hydrogen) atoms. The molecule has 2 atom stereocenters. The Labute approximate surface area is 169 Å². The van der Waals surface area contributed by atoms with E-state index in [1.807, 2.05) is 6.07 Å². The second kappa shape index (κ2) is 9.38. The third-order valence-electron chi connectivity index (χ3n) is 6.11. The van der Waals surface area contributed by atoms with Crippen LogP contribution in [0.3, 0.4) is 0 Å². The summed E-state index contributed by atoms with van der Waals surface area (Å²) in [4.78, 5) is 14.9. The topological polar surface area (TPSA) is 29.5 Å². The van der Waals surface area contributed by atoms with Crippen molar-refractivity contribution >= 4 is 5.97 Å². The summed E-state index contributed by atoms with van der Waals surface area (Å²) in [5, 5.41) is 0. The Balaban J connectivity index is 2.04. The van der Waals surface area contributed by atoms with Crippen molar-refractivity contribution in [1.29, 1.82) is 0 Å². The molecule has 0 spiro atoms. The van der Waals surface area contributed by atoms with Crippen molar-refractivity contribution in [1.82, 2.24) is 4.90 Å². The van der Waals surface area contributed by atoms with Gasteiger partial charge in [-0.1, -0.05) is 63.2 Å². The van der Waals surface area contributed by atoms with Gasteiger partial charge < -0.3 is 4.74 Å². The van der Waals surface area contributed by atoms with Crippen LogP contribution < -0.4 is 0 Å². The highest BCUT2D eigenvalue weighted by Crippen LogP contribution is 2.41. The average Bonchev–Trinajstić information content (AvgIpc) is 3.15. The number of hydrogen-bond donors (Lipinski definition) is 0. The van der Waals surface area contributed by atoms with Crippen LogP contribution in [0.2, 0.25) is 0 Å². The first kappa shape index (κ1) is 20.6. The van der Waals surface area contributed by atoms with Crippen LogP contribution in [-0.2, 0) is 35.3 Å². The predicted octanol–water partition coefficient (Wildman–Crippen LogP) is 5.25. The Bertz CT molecular complexity index is 774.